The Bertz CT molecular complexity index is 1050. The van der Waals surface area contributed by atoms with Gasteiger partial charge in [0.2, 0.25) is 0 Å². The first-order valence-corrected chi connectivity index (χ1v) is 18.6. The summed E-state index contributed by atoms with van der Waals surface area (Å²) in [6.45, 7) is 16.3. The maximum absolute atomic E-state index is 6.07. The van der Waals surface area contributed by atoms with Crippen LogP contribution in [0.4, 0.5) is 0 Å². The van der Waals surface area contributed by atoms with Crippen LogP contribution in [0.5, 0.6) is 5.75 Å². The van der Waals surface area contributed by atoms with Crippen molar-refractivity contribution in [2.45, 2.75) is 91.4 Å². The molecule has 0 saturated heterocycles. The molecule has 171 valence electrons. The van der Waals surface area contributed by atoms with E-state index in [0.717, 1.165) is 9.38 Å². The number of aryl methyl sites for hydroxylation is 1. The predicted molar refractivity (Wildman–Crippen MR) is 136 cm³/mol. The van der Waals surface area contributed by atoms with Crippen molar-refractivity contribution in [2.75, 3.05) is 7.11 Å². The van der Waals surface area contributed by atoms with Gasteiger partial charge >= 0.3 is 205 Å². The Labute approximate surface area is 204 Å². The number of ether oxygens (including phenoxy) is 1. The zero-order chi connectivity index (χ0) is 23.6. The monoisotopic (exact) mass is 507 g/mol. The van der Waals surface area contributed by atoms with Crippen LogP contribution in [0.3, 0.4) is 0 Å². The number of methoxy groups -OCH3 is 1. The van der Waals surface area contributed by atoms with Crippen LogP contribution in [-0.4, -0.2) is 7.11 Å². The fourth-order valence-electron chi connectivity index (χ4n) is 5.94. The van der Waals surface area contributed by atoms with E-state index in [2.05, 4.69) is 82.0 Å². The SMILES string of the molecule is COc1c(C(C)(C)C)cc(-c2c3c(cc4c2CCC4)[CH]([Zr]([CH3])[CH3])C(C)=C3)cc1C(C)(C)C. The summed E-state index contributed by atoms with van der Waals surface area (Å²) >= 11 is -1.44. The number of fused-ring (bicyclic) bond motifs is 2. The van der Waals surface area contributed by atoms with Gasteiger partial charge in [-0.25, -0.2) is 0 Å². The van der Waals surface area contributed by atoms with E-state index in [9.17, 15) is 0 Å². The fourth-order valence-corrected chi connectivity index (χ4v) is 10.5. The standard InChI is InChI=1S/C28H35O.2CH3.Zr/c1-17-12-19-14-18-10-9-11-21(18)25(22(19)13-17)20-15-23(27(2,3)4)26(29-8)24(16-20)28(5,6)7;;;/h12-16H,9-11H2,1-8H3;2*1H3;. The topological polar surface area (TPSA) is 9.23 Å². The van der Waals surface area contributed by atoms with Crippen LogP contribution in [0.1, 0.15) is 91.9 Å². The molecule has 0 radical (unpaired) electrons. The Kier molecular flexibility index (Phi) is 6.20. The molecule has 1 nitrogen and oxygen atoms in total. The minimum atomic E-state index is -1.44. The van der Waals surface area contributed by atoms with Crippen LogP contribution in [0.25, 0.3) is 17.2 Å². The van der Waals surface area contributed by atoms with E-state index < -0.39 is 21.8 Å². The predicted octanol–water partition coefficient (Wildman–Crippen LogP) is 8.62. The van der Waals surface area contributed by atoms with Crippen LogP contribution in [0.15, 0.2) is 23.8 Å². The van der Waals surface area contributed by atoms with Gasteiger partial charge in [-0.15, -0.1) is 0 Å². The number of allylic oxidation sites excluding steroid dienone is 1. The van der Waals surface area contributed by atoms with Gasteiger partial charge in [-0.2, -0.15) is 0 Å². The van der Waals surface area contributed by atoms with E-state index in [1.54, 1.807) is 22.3 Å². The van der Waals surface area contributed by atoms with E-state index in [1.165, 1.54) is 47.1 Å². The van der Waals surface area contributed by atoms with Crippen LogP contribution < -0.4 is 4.74 Å². The van der Waals surface area contributed by atoms with Crippen molar-refractivity contribution >= 4 is 6.08 Å². The van der Waals surface area contributed by atoms with E-state index in [1.807, 2.05) is 7.11 Å². The molecule has 2 aromatic rings. The number of hydrogen-bond acceptors (Lipinski definition) is 1. The van der Waals surface area contributed by atoms with Gasteiger partial charge in [0.25, 0.3) is 0 Å². The summed E-state index contributed by atoms with van der Waals surface area (Å²) in [5, 5.41) is 0. The van der Waals surface area contributed by atoms with Crippen molar-refractivity contribution < 1.29 is 26.5 Å². The van der Waals surface area contributed by atoms with Crippen LogP contribution >= 0.6 is 0 Å². The summed E-state index contributed by atoms with van der Waals surface area (Å²) in [6, 6.07) is 7.51. The summed E-state index contributed by atoms with van der Waals surface area (Å²) in [7, 11) is 1.84. The molecule has 2 aliphatic carbocycles. The fraction of sp³-hybridized carbons (Fsp3) is 0.533. The first kappa shape index (κ1) is 24.0. The normalized spacial score (nSPS) is 17.8. The summed E-state index contributed by atoms with van der Waals surface area (Å²) in [5.74, 6) is 1.07. The van der Waals surface area contributed by atoms with Gasteiger partial charge in [0.05, 0.1) is 0 Å². The van der Waals surface area contributed by atoms with Gasteiger partial charge < -0.3 is 0 Å². The molecule has 2 heteroatoms. The molecule has 0 aliphatic heterocycles. The Morgan fingerprint density at radius 3 is 2.00 bits per heavy atom. The van der Waals surface area contributed by atoms with Crippen molar-refractivity contribution in [3.8, 4) is 16.9 Å². The van der Waals surface area contributed by atoms with Crippen molar-refractivity contribution in [3.05, 3.63) is 57.2 Å². The Morgan fingerprint density at radius 2 is 1.50 bits per heavy atom. The van der Waals surface area contributed by atoms with E-state index >= 15 is 0 Å². The first-order chi connectivity index (χ1) is 14.8. The molecule has 0 N–H and O–H groups in total. The number of hydrogen-bond donors (Lipinski definition) is 0. The van der Waals surface area contributed by atoms with E-state index in [-0.39, 0.29) is 10.8 Å². The van der Waals surface area contributed by atoms with Gasteiger partial charge in [-0.05, 0) is 0 Å². The molecule has 0 aromatic heterocycles. The summed E-state index contributed by atoms with van der Waals surface area (Å²) in [5.41, 5.74) is 13.6. The van der Waals surface area contributed by atoms with Crippen molar-refractivity contribution in [1.82, 2.24) is 0 Å². The average Bonchev–Trinajstić information content (AvgIpc) is 3.26. The molecule has 1 atom stereocenters. The van der Waals surface area contributed by atoms with Gasteiger partial charge in [0.15, 0.2) is 0 Å². The number of benzene rings is 2. The van der Waals surface area contributed by atoms with Gasteiger partial charge in [-0.3, -0.25) is 0 Å². The van der Waals surface area contributed by atoms with Crippen LogP contribution in [0, 0.1) is 0 Å². The van der Waals surface area contributed by atoms with Crippen LogP contribution in [0.2, 0.25) is 9.26 Å². The first-order valence-electron chi connectivity index (χ1n) is 12.2. The molecule has 0 spiro atoms. The molecule has 4 rings (SSSR count). The van der Waals surface area contributed by atoms with Crippen LogP contribution in [-0.2, 0) is 45.4 Å². The molecular formula is C30H41OZr. The molecule has 0 heterocycles. The van der Waals surface area contributed by atoms with Gasteiger partial charge in [0.1, 0.15) is 0 Å². The van der Waals surface area contributed by atoms with Gasteiger partial charge in [-0.1, -0.05) is 0 Å². The second-order valence-electron chi connectivity index (χ2n) is 12.2. The van der Waals surface area contributed by atoms with Crippen molar-refractivity contribution in [3.63, 3.8) is 0 Å². The average molecular weight is 509 g/mol. The quantitative estimate of drug-likeness (QED) is 0.403. The van der Waals surface area contributed by atoms with Gasteiger partial charge in [0, 0.05) is 0 Å². The Balaban J connectivity index is 2.09. The molecule has 32 heavy (non-hydrogen) atoms. The molecule has 0 bridgehead atoms. The van der Waals surface area contributed by atoms with Crippen molar-refractivity contribution in [2.24, 2.45) is 0 Å². The van der Waals surface area contributed by atoms with E-state index in [0.29, 0.717) is 0 Å². The zero-order valence-corrected chi connectivity index (χ0v) is 24.4. The second kappa shape index (κ2) is 8.27. The zero-order valence-electron chi connectivity index (χ0n) is 21.9. The Morgan fingerprint density at radius 1 is 0.906 bits per heavy atom. The maximum atomic E-state index is 6.07. The van der Waals surface area contributed by atoms with E-state index in [4.69, 9.17) is 4.74 Å². The molecule has 0 amide bonds. The summed E-state index contributed by atoms with van der Waals surface area (Å²) in [6.07, 6.45) is 6.28. The minimum absolute atomic E-state index is 0.0183. The summed E-state index contributed by atoms with van der Waals surface area (Å²) in [4.78, 5) is 0. The Hall–Kier alpha value is -1.14. The molecule has 2 aromatic carbocycles. The molecule has 1 unspecified atom stereocenters. The summed E-state index contributed by atoms with van der Waals surface area (Å²) < 4.78 is 11.9. The molecule has 0 saturated carbocycles. The van der Waals surface area contributed by atoms with Crippen molar-refractivity contribution in [1.29, 1.82) is 0 Å². The third-order valence-corrected chi connectivity index (χ3v) is 12.1. The number of rotatable bonds is 3. The molecular weight excluding hydrogens is 468 g/mol. The third kappa shape index (κ3) is 4.00. The molecule has 0 fully saturated rings. The molecule has 2 aliphatic rings. The third-order valence-electron chi connectivity index (χ3n) is 7.39. The second-order valence-corrected chi connectivity index (χ2v) is 19.0.